The van der Waals surface area contributed by atoms with E-state index in [1.54, 1.807) is 6.07 Å². The van der Waals surface area contributed by atoms with Gasteiger partial charge in [0.05, 0.1) is 15.1 Å². The third-order valence-electron chi connectivity index (χ3n) is 4.36. The van der Waals surface area contributed by atoms with Gasteiger partial charge in [-0.1, -0.05) is 11.8 Å². The Hall–Kier alpha value is -2.71. The molecule has 0 spiro atoms. The van der Waals surface area contributed by atoms with E-state index in [0.29, 0.717) is 11.3 Å². The molecular weight excluding hydrogens is 384 g/mol. The quantitative estimate of drug-likeness (QED) is 0.203. The predicted octanol–water partition coefficient (Wildman–Crippen LogP) is 5.22. The Balaban J connectivity index is 1.67. The summed E-state index contributed by atoms with van der Waals surface area (Å²) < 4.78 is 6.91. The van der Waals surface area contributed by atoms with Crippen molar-refractivity contribution < 1.29 is 9.34 Å². The maximum Gasteiger partial charge on any atom is 0.336 e. The van der Waals surface area contributed by atoms with Crippen molar-refractivity contribution in [2.24, 2.45) is 0 Å². The van der Waals surface area contributed by atoms with Gasteiger partial charge in [0.1, 0.15) is 5.58 Å². The average Bonchev–Trinajstić information content (AvgIpc) is 3.03. The molecule has 0 atom stereocenters. The van der Waals surface area contributed by atoms with Crippen molar-refractivity contribution in [3.8, 4) is 0 Å². The zero-order chi connectivity index (χ0) is 19.1. The third kappa shape index (κ3) is 3.45. The molecule has 6 nitrogen and oxygen atoms in total. The van der Waals surface area contributed by atoms with Gasteiger partial charge in [-0.15, -0.1) is 11.3 Å². The molecule has 0 fully saturated rings. The van der Waals surface area contributed by atoms with E-state index in [1.807, 2.05) is 26.0 Å². The second-order valence-electron chi connectivity index (χ2n) is 6.20. The molecule has 4 rings (SSSR count). The lowest BCUT2D eigenvalue weighted by atomic mass is 10.0. The fourth-order valence-electron chi connectivity index (χ4n) is 2.81. The lowest BCUT2D eigenvalue weighted by Gasteiger charge is -2.07. The summed E-state index contributed by atoms with van der Waals surface area (Å²) in [5, 5.41) is 11.8. The van der Waals surface area contributed by atoms with Crippen molar-refractivity contribution in [2.75, 3.05) is 0 Å². The molecule has 0 saturated carbocycles. The molecule has 27 heavy (non-hydrogen) atoms. The third-order valence-corrected chi connectivity index (χ3v) is 6.57. The summed E-state index contributed by atoms with van der Waals surface area (Å²) in [6.45, 7) is 4.01. The lowest BCUT2D eigenvalue weighted by Crippen LogP contribution is -2.00. The SMILES string of the molecule is Cc1cc2oc(=O)cc(CSc3nc4ccc([N+](=O)[O-])cc4s3)c2cc1C. The van der Waals surface area contributed by atoms with Crippen LogP contribution < -0.4 is 5.63 Å². The summed E-state index contributed by atoms with van der Waals surface area (Å²) in [6, 6.07) is 10.1. The highest BCUT2D eigenvalue weighted by atomic mass is 32.2. The van der Waals surface area contributed by atoms with Crippen molar-refractivity contribution in [2.45, 2.75) is 23.9 Å². The van der Waals surface area contributed by atoms with Crippen molar-refractivity contribution in [3.63, 3.8) is 0 Å². The molecule has 4 aromatic rings. The monoisotopic (exact) mass is 398 g/mol. The second kappa shape index (κ2) is 6.79. The summed E-state index contributed by atoms with van der Waals surface area (Å²) >= 11 is 2.91. The van der Waals surface area contributed by atoms with Crippen LogP contribution in [0.2, 0.25) is 0 Å². The summed E-state index contributed by atoms with van der Waals surface area (Å²) in [5.74, 6) is 0.562. The number of non-ortho nitro benzene ring substituents is 1. The molecule has 0 radical (unpaired) electrons. The van der Waals surface area contributed by atoms with E-state index in [0.717, 1.165) is 36.6 Å². The van der Waals surface area contributed by atoms with Crippen LogP contribution in [0.4, 0.5) is 5.69 Å². The number of rotatable bonds is 4. The molecule has 8 heteroatoms. The second-order valence-corrected chi connectivity index (χ2v) is 8.45. The molecule has 2 heterocycles. The van der Waals surface area contributed by atoms with Gasteiger partial charge >= 0.3 is 5.63 Å². The molecular formula is C19H14N2O4S2. The smallest absolute Gasteiger partial charge is 0.336 e. The van der Waals surface area contributed by atoms with E-state index in [4.69, 9.17) is 4.42 Å². The molecule has 0 amide bonds. The van der Waals surface area contributed by atoms with Crippen LogP contribution in [-0.2, 0) is 5.75 Å². The molecule has 0 saturated heterocycles. The molecule has 136 valence electrons. The number of benzene rings is 2. The summed E-state index contributed by atoms with van der Waals surface area (Å²) in [4.78, 5) is 26.9. The minimum Gasteiger partial charge on any atom is -0.423 e. The van der Waals surface area contributed by atoms with E-state index in [2.05, 4.69) is 4.98 Å². The van der Waals surface area contributed by atoms with Gasteiger partial charge in [0.25, 0.3) is 5.69 Å². The number of nitro groups is 1. The maximum atomic E-state index is 11.9. The van der Waals surface area contributed by atoms with Gasteiger partial charge in [-0.2, -0.15) is 0 Å². The first-order valence-electron chi connectivity index (χ1n) is 8.12. The largest absolute Gasteiger partial charge is 0.423 e. The number of thiazole rings is 1. The van der Waals surface area contributed by atoms with Crippen LogP contribution in [0.25, 0.3) is 21.2 Å². The molecule has 0 unspecified atom stereocenters. The normalized spacial score (nSPS) is 11.3. The van der Waals surface area contributed by atoms with E-state index < -0.39 is 4.92 Å². The molecule has 2 aromatic heterocycles. The Morgan fingerprint density at radius 2 is 1.96 bits per heavy atom. The summed E-state index contributed by atoms with van der Waals surface area (Å²) in [5.41, 5.74) is 4.09. The zero-order valence-corrected chi connectivity index (χ0v) is 16.1. The van der Waals surface area contributed by atoms with E-state index in [9.17, 15) is 14.9 Å². The fraction of sp³-hybridized carbons (Fsp3) is 0.158. The molecule has 0 bridgehead atoms. The minimum atomic E-state index is -0.411. The van der Waals surface area contributed by atoms with Gasteiger partial charge in [0.2, 0.25) is 0 Å². The van der Waals surface area contributed by atoms with Crippen LogP contribution in [0.3, 0.4) is 0 Å². The number of thioether (sulfide) groups is 1. The van der Waals surface area contributed by atoms with Gasteiger partial charge in [-0.05, 0) is 48.7 Å². The Morgan fingerprint density at radius 3 is 2.74 bits per heavy atom. The van der Waals surface area contributed by atoms with Gasteiger partial charge in [-0.3, -0.25) is 10.1 Å². The van der Waals surface area contributed by atoms with E-state index in [1.165, 1.54) is 41.3 Å². The van der Waals surface area contributed by atoms with Crippen molar-refractivity contribution in [1.82, 2.24) is 4.98 Å². The molecule has 0 aliphatic rings. The van der Waals surface area contributed by atoms with E-state index >= 15 is 0 Å². The first-order valence-corrected chi connectivity index (χ1v) is 9.93. The predicted molar refractivity (Wildman–Crippen MR) is 108 cm³/mol. The highest BCUT2D eigenvalue weighted by molar-refractivity contribution is 8.00. The van der Waals surface area contributed by atoms with Crippen LogP contribution in [-0.4, -0.2) is 9.91 Å². The number of hydrogen-bond donors (Lipinski definition) is 0. The Bertz CT molecular complexity index is 1260. The zero-order valence-electron chi connectivity index (χ0n) is 14.5. The van der Waals surface area contributed by atoms with Crippen LogP contribution in [0.1, 0.15) is 16.7 Å². The number of fused-ring (bicyclic) bond motifs is 2. The van der Waals surface area contributed by atoms with Gasteiger partial charge < -0.3 is 4.42 Å². The minimum absolute atomic E-state index is 0.0557. The van der Waals surface area contributed by atoms with Gasteiger partial charge in [-0.25, -0.2) is 9.78 Å². The highest BCUT2D eigenvalue weighted by Gasteiger charge is 2.12. The first-order chi connectivity index (χ1) is 12.9. The summed E-state index contributed by atoms with van der Waals surface area (Å²) in [6.07, 6.45) is 0. The topological polar surface area (TPSA) is 86.2 Å². The Kier molecular flexibility index (Phi) is 4.45. The number of nitrogens with zero attached hydrogens (tertiary/aromatic N) is 2. The van der Waals surface area contributed by atoms with Crippen LogP contribution in [0.15, 0.2) is 49.9 Å². The Morgan fingerprint density at radius 1 is 1.19 bits per heavy atom. The maximum absolute atomic E-state index is 11.9. The molecule has 0 aliphatic heterocycles. The van der Waals surface area contributed by atoms with Crippen LogP contribution >= 0.6 is 23.1 Å². The molecule has 2 aromatic carbocycles. The van der Waals surface area contributed by atoms with Gasteiger partial charge in [0.15, 0.2) is 4.34 Å². The molecule has 0 N–H and O–H groups in total. The van der Waals surface area contributed by atoms with Crippen molar-refractivity contribution in [3.05, 3.63) is 73.6 Å². The Labute approximate surface area is 162 Å². The number of aryl methyl sites for hydroxylation is 2. The number of hydrogen-bond acceptors (Lipinski definition) is 7. The fourth-order valence-corrected chi connectivity index (χ4v) is 4.90. The summed E-state index contributed by atoms with van der Waals surface area (Å²) in [7, 11) is 0. The number of nitro benzene ring substituents is 1. The van der Waals surface area contributed by atoms with Crippen LogP contribution in [0.5, 0.6) is 0 Å². The first kappa shape index (κ1) is 17.7. The van der Waals surface area contributed by atoms with E-state index in [-0.39, 0.29) is 11.3 Å². The highest BCUT2D eigenvalue weighted by Crippen LogP contribution is 2.34. The average molecular weight is 398 g/mol. The molecule has 0 aliphatic carbocycles. The lowest BCUT2D eigenvalue weighted by molar-refractivity contribution is -0.384. The van der Waals surface area contributed by atoms with Gasteiger partial charge in [0, 0.05) is 29.3 Å². The standard InChI is InChI=1S/C19H14N2O4S2/c1-10-5-14-12(7-18(22)25-16(14)6-11(10)2)9-26-19-20-15-4-3-13(21(23)24)8-17(15)27-19/h3-8H,9H2,1-2H3. The van der Waals surface area contributed by atoms with Crippen molar-refractivity contribution in [1.29, 1.82) is 0 Å². The number of aromatic nitrogens is 1. The van der Waals surface area contributed by atoms with Crippen LogP contribution in [0, 0.1) is 24.0 Å². The van der Waals surface area contributed by atoms with Crippen molar-refractivity contribution >= 4 is 50.0 Å².